The van der Waals surface area contributed by atoms with Gasteiger partial charge in [-0.2, -0.15) is 0 Å². The van der Waals surface area contributed by atoms with Crippen LogP contribution in [0, 0.1) is 9.39 Å². The quantitative estimate of drug-likeness (QED) is 0.867. The second kappa shape index (κ2) is 4.88. The molecule has 0 amide bonds. The standard InChI is InChI=1S/C9H11FINO/c1-13-5-9(12)6-2-3-8(11)7(10)4-6/h2-4,9H,5,12H2,1H3/t9-/m1/s1. The molecule has 0 aromatic heterocycles. The van der Waals surface area contributed by atoms with Crippen LogP contribution in [0.1, 0.15) is 11.6 Å². The van der Waals surface area contributed by atoms with E-state index in [4.69, 9.17) is 10.5 Å². The van der Waals surface area contributed by atoms with E-state index in [0.29, 0.717) is 10.2 Å². The van der Waals surface area contributed by atoms with Gasteiger partial charge in [0, 0.05) is 10.7 Å². The third-order valence-corrected chi connectivity index (χ3v) is 2.59. The fraction of sp³-hybridized carbons (Fsp3) is 0.333. The summed E-state index contributed by atoms with van der Waals surface area (Å²) < 4.78 is 18.6. The van der Waals surface area contributed by atoms with Crippen molar-refractivity contribution in [2.75, 3.05) is 13.7 Å². The van der Waals surface area contributed by atoms with E-state index in [1.165, 1.54) is 6.07 Å². The van der Waals surface area contributed by atoms with Crippen LogP contribution in [0.4, 0.5) is 4.39 Å². The molecule has 0 unspecified atom stereocenters. The number of halogens is 2. The van der Waals surface area contributed by atoms with Gasteiger partial charge < -0.3 is 10.5 Å². The molecule has 2 nitrogen and oxygen atoms in total. The zero-order valence-electron chi connectivity index (χ0n) is 7.26. The third kappa shape index (κ3) is 2.89. The summed E-state index contributed by atoms with van der Waals surface area (Å²) in [5.41, 5.74) is 6.49. The molecule has 0 bridgehead atoms. The molecular weight excluding hydrogens is 284 g/mol. The number of methoxy groups -OCH3 is 1. The second-order valence-electron chi connectivity index (χ2n) is 2.74. The Hall–Kier alpha value is -0.200. The first-order valence-corrected chi connectivity index (χ1v) is 4.92. The summed E-state index contributed by atoms with van der Waals surface area (Å²) in [5.74, 6) is -0.232. The molecule has 0 spiro atoms. The zero-order chi connectivity index (χ0) is 9.84. The van der Waals surface area contributed by atoms with Crippen molar-refractivity contribution < 1.29 is 9.13 Å². The van der Waals surface area contributed by atoms with Crippen molar-refractivity contribution in [1.29, 1.82) is 0 Å². The molecule has 0 aliphatic heterocycles. The minimum atomic E-state index is -0.253. The van der Waals surface area contributed by atoms with Crippen molar-refractivity contribution >= 4 is 22.6 Å². The van der Waals surface area contributed by atoms with E-state index in [1.54, 1.807) is 13.2 Å². The molecule has 1 aromatic rings. The van der Waals surface area contributed by atoms with Gasteiger partial charge in [0.15, 0.2) is 0 Å². The van der Waals surface area contributed by atoms with Gasteiger partial charge in [0.25, 0.3) is 0 Å². The maximum Gasteiger partial charge on any atom is 0.136 e. The first-order chi connectivity index (χ1) is 6.15. The molecule has 0 saturated heterocycles. The molecule has 0 radical (unpaired) electrons. The number of nitrogens with two attached hydrogens (primary N) is 1. The second-order valence-corrected chi connectivity index (χ2v) is 3.90. The van der Waals surface area contributed by atoms with Crippen molar-refractivity contribution in [1.82, 2.24) is 0 Å². The van der Waals surface area contributed by atoms with Gasteiger partial charge in [-0.25, -0.2) is 4.39 Å². The Morgan fingerprint density at radius 2 is 2.31 bits per heavy atom. The predicted octanol–water partition coefficient (Wildman–Crippen LogP) is 2.08. The van der Waals surface area contributed by atoms with E-state index in [2.05, 4.69) is 0 Å². The monoisotopic (exact) mass is 295 g/mol. The van der Waals surface area contributed by atoms with Gasteiger partial charge >= 0.3 is 0 Å². The van der Waals surface area contributed by atoms with E-state index in [9.17, 15) is 4.39 Å². The Morgan fingerprint density at radius 1 is 1.62 bits per heavy atom. The Bertz CT molecular complexity index is 293. The Kier molecular flexibility index (Phi) is 4.08. The number of ether oxygens (including phenoxy) is 1. The molecule has 4 heteroatoms. The first kappa shape index (κ1) is 10.9. The summed E-state index contributed by atoms with van der Waals surface area (Å²) in [6, 6.07) is 4.72. The highest BCUT2D eigenvalue weighted by molar-refractivity contribution is 14.1. The largest absolute Gasteiger partial charge is 0.383 e. The number of hydrogen-bond donors (Lipinski definition) is 1. The Balaban J connectivity index is 2.84. The molecule has 0 heterocycles. The van der Waals surface area contributed by atoms with Gasteiger partial charge in [-0.3, -0.25) is 0 Å². The van der Waals surface area contributed by atoms with Gasteiger partial charge in [0.05, 0.1) is 12.6 Å². The average molecular weight is 295 g/mol. The van der Waals surface area contributed by atoms with Crippen LogP contribution in [0.5, 0.6) is 0 Å². The molecule has 0 saturated carbocycles. The number of benzene rings is 1. The molecule has 0 aliphatic carbocycles. The van der Waals surface area contributed by atoms with Crippen LogP contribution in [0.3, 0.4) is 0 Å². The summed E-state index contributed by atoms with van der Waals surface area (Å²) in [4.78, 5) is 0. The van der Waals surface area contributed by atoms with Gasteiger partial charge in [-0.15, -0.1) is 0 Å². The number of hydrogen-bond acceptors (Lipinski definition) is 2. The summed E-state index contributed by atoms with van der Waals surface area (Å²) in [7, 11) is 1.57. The van der Waals surface area contributed by atoms with Gasteiger partial charge in [-0.05, 0) is 40.3 Å². The van der Waals surface area contributed by atoms with E-state index in [1.807, 2.05) is 28.7 Å². The van der Waals surface area contributed by atoms with Crippen LogP contribution in [0.25, 0.3) is 0 Å². The zero-order valence-corrected chi connectivity index (χ0v) is 9.42. The summed E-state index contributed by atoms with van der Waals surface area (Å²) in [5, 5.41) is 0. The van der Waals surface area contributed by atoms with Crippen molar-refractivity contribution in [3.8, 4) is 0 Å². The molecule has 0 aliphatic rings. The fourth-order valence-corrected chi connectivity index (χ4v) is 1.35. The van der Waals surface area contributed by atoms with E-state index in [-0.39, 0.29) is 11.9 Å². The molecule has 72 valence electrons. The lowest BCUT2D eigenvalue weighted by Crippen LogP contribution is -2.16. The third-order valence-electron chi connectivity index (χ3n) is 1.72. The van der Waals surface area contributed by atoms with E-state index >= 15 is 0 Å². The molecular formula is C9H11FINO. The molecule has 1 aromatic carbocycles. The predicted molar refractivity (Wildman–Crippen MR) is 57.9 cm³/mol. The topological polar surface area (TPSA) is 35.2 Å². The van der Waals surface area contributed by atoms with Gasteiger partial charge in [-0.1, -0.05) is 6.07 Å². The lowest BCUT2D eigenvalue weighted by atomic mass is 10.1. The van der Waals surface area contributed by atoms with E-state index in [0.717, 1.165) is 5.56 Å². The Morgan fingerprint density at radius 3 is 2.85 bits per heavy atom. The molecule has 2 N–H and O–H groups in total. The normalized spacial score (nSPS) is 12.9. The van der Waals surface area contributed by atoms with Gasteiger partial charge in [0.2, 0.25) is 0 Å². The maximum absolute atomic E-state index is 13.1. The van der Waals surface area contributed by atoms with Crippen LogP contribution in [0.15, 0.2) is 18.2 Å². The first-order valence-electron chi connectivity index (χ1n) is 3.84. The van der Waals surface area contributed by atoms with Crippen molar-refractivity contribution in [3.63, 3.8) is 0 Å². The van der Waals surface area contributed by atoms with Crippen molar-refractivity contribution in [2.45, 2.75) is 6.04 Å². The van der Waals surface area contributed by atoms with Crippen LogP contribution >= 0.6 is 22.6 Å². The molecule has 0 fully saturated rings. The molecule has 1 rings (SSSR count). The number of rotatable bonds is 3. The highest BCUT2D eigenvalue weighted by atomic mass is 127. The minimum Gasteiger partial charge on any atom is -0.383 e. The summed E-state index contributed by atoms with van der Waals surface area (Å²) >= 11 is 1.94. The van der Waals surface area contributed by atoms with Crippen LogP contribution < -0.4 is 5.73 Å². The van der Waals surface area contributed by atoms with Gasteiger partial charge in [0.1, 0.15) is 5.82 Å². The molecule has 1 atom stereocenters. The minimum absolute atomic E-state index is 0.232. The molecule has 13 heavy (non-hydrogen) atoms. The fourth-order valence-electron chi connectivity index (χ4n) is 1.02. The van der Waals surface area contributed by atoms with Crippen LogP contribution in [-0.4, -0.2) is 13.7 Å². The average Bonchev–Trinajstić information content (AvgIpc) is 2.10. The summed E-state index contributed by atoms with van der Waals surface area (Å²) in [6.45, 7) is 0.403. The lowest BCUT2D eigenvalue weighted by Gasteiger charge is -2.10. The Labute approximate surface area is 90.4 Å². The highest BCUT2D eigenvalue weighted by Gasteiger charge is 2.07. The maximum atomic E-state index is 13.1. The van der Waals surface area contributed by atoms with Crippen LogP contribution in [-0.2, 0) is 4.74 Å². The summed E-state index contributed by atoms with van der Waals surface area (Å²) in [6.07, 6.45) is 0. The smallest absolute Gasteiger partial charge is 0.136 e. The lowest BCUT2D eigenvalue weighted by molar-refractivity contribution is 0.181. The van der Waals surface area contributed by atoms with Crippen molar-refractivity contribution in [3.05, 3.63) is 33.1 Å². The van der Waals surface area contributed by atoms with Crippen molar-refractivity contribution in [2.24, 2.45) is 5.73 Å². The van der Waals surface area contributed by atoms with Crippen LogP contribution in [0.2, 0.25) is 0 Å². The SMILES string of the molecule is COC[C@@H](N)c1ccc(I)c(F)c1. The highest BCUT2D eigenvalue weighted by Crippen LogP contribution is 2.16. The van der Waals surface area contributed by atoms with E-state index < -0.39 is 0 Å².